The second-order valence-corrected chi connectivity index (χ2v) is 6.92. The molecule has 1 aromatic carbocycles. The number of benzene rings is 1. The van der Waals surface area contributed by atoms with Crippen LogP contribution in [0.2, 0.25) is 0 Å². The summed E-state index contributed by atoms with van der Waals surface area (Å²) in [6.45, 7) is 1.76. The van der Waals surface area contributed by atoms with Crippen molar-refractivity contribution < 1.29 is 18.5 Å². The molecule has 1 amide bonds. The normalized spacial score (nSPS) is 22.2. The fourth-order valence-electron chi connectivity index (χ4n) is 3.42. The summed E-state index contributed by atoms with van der Waals surface area (Å²) in [5.41, 5.74) is 0.966. The molecule has 2 heterocycles. The number of rotatable bonds is 5. The van der Waals surface area contributed by atoms with Gasteiger partial charge in [-0.2, -0.15) is 0 Å². The fourth-order valence-corrected chi connectivity index (χ4v) is 3.42. The average molecular weight is 342 g/mol. The minimum Gasteiger partial charge on any atom is -0.356 e. The predicted octanol–water partition coefficient (Wildman–Crippen LogP) is 3.31. The van der Waals surface area contributed by atoms with E-state index in [4.69, 9.17) is 4.52 Å². The standard InChI is InChI=1S/C19H19FN2O3/c20-15-4-2-13(3-5-15)18-11-16(21-25-18)17(23)10-12-8-14(9-12)19(24)22-6-1-7-22/h2-5,11-12,14H,1,6-10H2. The van der Waals surface area contributed by atoms with E-state index in [0.717, 1.165) is 32.4 Å². The van der Waals surface area contributed by atoms with Gasteiger partial charge in [-0.05, 0) is 49.4 Å². The van der Waals surface area contributed by atoms with E-state index in [2.05, 4.69) is 5.16 Å². The zero-order valence-electron chi connectivity index (χ0n) is 13.8. The minimum atomic E-state index is -0.327. The van der Waals surface area contributed by atoms with E-state index in [-0.39, 0.29) is 35.0 Å². The number of amides is 1. The molecule has 0 radical (unpaired) electrons. The Hall–Kier alpha value is -2.50. The maximum absolute atomic E-state index is 13.0. The molecule has 1 saturated heterocycles. The highest BCUT2D eigenvalue weighted by Crippen LogP contribution is 2.38. The van der Waals surface area contributed by atoms with Crippen molar-refractivity contribution in [3.05, 3.63) is 41.8 Å². The van der Waals surface area contributed by atoms with Crippen molar-refractivity contribution in [1.82, 2.24) is 10.1 Å². The summed E-state index contributed by atoms with van der Waals surface area (Å²) < 4.78 is 18.2. The third-order valence-electron chi connectivity index (χ3n) is 5.15. The lowest BCUT2D eigenvalue weighted by Crippen LogP contribution is -2.48. The van der Waals surface area contributed by atoms with Gasteiger partial charge in [0.15, 0.2) is 11.5 Å². The smallest absolute Gasteiger partial charge is 0.225 e. The Morgan fingerprint density at radius 1 is 1.20 bits per heavy atom. The second kappa shape index (κ2) is 6.43. The molecule has 1 aliphatic heterocycles. The summed E-state index contributed by atoms with van der Waals surface area (Å²) in [5.74, 6) is 0.625. The lowest BCUT2D eigenvalue weighted by atomic mass is 9.71. The molecule has 6 heteroatoms. The van der Waals surface area contributed by atoms with Crippen LogP contribution in [-0.4, -0.2) is 34.8 Å². The summed E-state index contributed by atoms with van der Waals surface area (Å²) in [6.07, 6.45) is 3.05. The quantitative estimate of drug-likeness (QED) is 0.782. The van der Waals surface area contributed by atoms with Crippen LogP contribution in [0.25, 0.3) is 11.3 Å². The van der Waals surface area contributed by atoms with Crippen LogP contribution in [0, 0.1) is 17.7 Å². The van der Waals surface area contributed by atoms with Gasteiger partial charge in [-0.15, -0.1) is 0 Å². The Balaban J connectivity index is 1.32. The number of carbonyl (C=O) groups is 2. The number of Topliss-reactive ketones (excluding diaryl/α,β-unsaturated/α-hetero) is 1. The number of carbonyl (C=O) groups excluding carboxylic acids is 2. The van der Waals surface area contributed by atoms with Crippen LogP contribution in [0.15, 0.2) is 34.9 Å². The van der Waals surface area contributed by atoms with Gasteiger partial charge in [0.05, 0.1) is 0 Å². The number of nitrogens with zero attached hydrogens (tertiary/aromatic N) is 2. The summed E-state index contributed by atoms with van der Waals surface area (Å²) in [4.78, 5) is 26.3. The average Bonchev–Trinajstić information content (AvgIpc) is 2.99. The van der Waals surface area contributed by atoms with Gasteiger partial charge in [-0.25, -0.2) is 4.39 Å². The summed E-state index contributed by atoms with van der Waals surface area (Å²) in [7, 11) is 0. The minimum absolute atomic E-state index is 0.0723. The molecule has 4 rings (SSSR count). The largest absolute Gasteiger partial charge is 0.356 e. The maximum Gasteiger partial charge on any atom is 0.225 e. The second-order valence-electron chi connectivity index (χ2n) is 6.92. The molecule has 1 saturated carbocycles. The van der Waals surface area contributed by atoms with E-state index in [0.29, 0.717) is 17.7 Å². The lowest BCUT2D eigenvalue weighted by molar-refractivity contribution is -0.143. The Bertz CT molecular complexity index is 789. The molecule has 0 unspecified atom stereocenters. The van der Waals surface area contributed by atoms with E-state index in [1.165, 1.54) is 12.1 Å². The van der Waals surface area contributed by atoms with Gasteiger partial charge in [-0.1, -0.05) is 5.16 Å². The zero-order valence-corrected chi connectivity index (χ0v) is 13.8. The number of hydrogen-bond donors (Lipinski definition) is 0. The third kappa shape index (κ3) is 3.21. The number of aromatic nitrogens is 1. The van der Waals surface area contributed by atoms with Crippen molar-refractivity contribution in [1.29, 1.82) is 0 Å². The topological polar surface area (TPSA) is 63.4 Å². The van der Waals surface area contributed by atoms with E-state index in [1.807, 2.05) is 4.90 Å². The Morgan fingerprint density at radius 2 is 1.92 bits per heavy atom. The zero-order chi connectivity index (χ0) is 17.4. The maximum atomic E-state index is 13.0. The van der Waals surface area contributed by atoms with Gasteiger partial charge in [0.2, 0.25) is 5.91 Å². The summed E-state index contributed by atoms with van der Waals surface area (Å²) >= 11 is 0. The number of halogens is 1. The summed E-state index contributed by atoms with van der Waals surface area (Å²) in [6, 6.07) is 7.44. The van der Waals surface area contributed by atoms with Crippen LogP contribution in [-0.2, 0) is 4.79 Å². The van der Waals surface area contributed by atoms with Gasteiger partial charge < -0.3 is 9.42 Å². The molecule has 1 aromatic heterocycles. The molecule has 0 N–H and O–H groups in total. The SMILES string of the molecule is O=C(CC1CC(C(=O)N2CCC2)C1)c1cc(-c2ccc(F)cc2)on1. The summed E-state index contributed by atoms with van der Waals surface area (Å²) in [5, 5.41) is 3.84. The van der Waals surface area contributed by atoms with Crippen molar-refractivity contribution in [2.24, 2.45) is 11.8 Å². The number of likely N-dealkylation sites (tertiary alicyclic amines) is 1. The first kappa shape index (κ1) is 16.0. The molecular weight excluding hydrogens is 323 g/mol. The Kier molecular flexibility index (Phi) is 4.11. The Morgan fingerprint density at radius 3 is 2.56 bits per heavy atom. The first-order valence-electron chi connectivity index (χ1n) is 8.65. The van der Waals surface area contributed by atoms with Crippen LogP contribution < -0.4 is 0 Å². The molecular formula is C19H19FN2O3. The molecule has 1 aliphatic carbocycles. The van der Waals surface area contributed by atoms with Crippen LogP contribution in [0.5, 0.6) is 0 Å². The molecule has 0 bridgehead atoms. The molecule has 2 fully saturated rings. The van der Waals surface area contributed by atoms with Gasteiger partial charge in [0, 0.05) is 37.1 Å². The van der Waals surface area contributed by atoms with Crippen LogP contribution in [0.4, 0.5) is 4.39 Å². The van der Waals surface area contributed by atoms with Gasteiger partial charge in [-0.3, -0.25) is 9.59 Å². The molecule has 130 valence electrons. The third-order valence-corrected chi connectivity index (χ3v) is 5.15. The highest BCUT2D eigenvalue weighted by atomic mass is 19.1. The first-order chi connectivity index (χ1) is 12.1. The van der Waals surface area contributed by atoms with E-state index in [1.54, 1.807) is 18.2 Å². The molecule has 0 atom stereocenters. The van der Waals surface area contributed by atoms with Gasteiger partial charge >= 0.3 is 0 Å². The molecule has 2 aromatic rings. The van der Waals surface area contributed by atoms with E-state index in [9.17, 15) is 14.0 Å². The monoisotopic (exact) mass is 342 g/mol. The molecule has 25 heavy (non-hydrogen) atoms. The van der Waals surface area contributed by atoms with Crippen molar-refractivity contribution in [2.75, 3.05) is 13.1 Å². The van der Waals surface area contributed by atoms with Crippen molar-refractivity contribution in [2.45, 2.75) is 25.7 Å². The van der Waals surface area contributed by atoms with Crippen molar-refractivity contribution in [3.63, 3.8) is 0 Å². The highest BCUT2D eigenvalue weighted by Gasteiger charge is 2.39. The molecule has 0 spiro atoms. The van der Waals surface area contributed by atoms with Crippen LogP contribution in [0.3, 0.4) is 0 Å². The molecule has 2 aliphatic rings. The van der Waals surface area contributed by atoms with Crippen LogP contribution in [0.1, 0.15) is 36.2 Å². The van der Waals surface area contributed by atoms with E-state index >= 15 is 0 Å². The van der Waals surface area contributed by atoms with E-state index < -0.39 is 0 Å². The van der Waals surface area contributed by atoms with Crippen molar-refractivity contribution in [3.8, 4) is 11.3 Å². The number of hydrogen-bond acceptors (Lipinski definition) is 4. The van der Waals surface area contributed by atoms with Gasteiger partial charge in [0.25, 0.3) is 0 Å². The lowest BCUT2D eigenvalue weighted by Gasteiger charge is -2.40. The highest BCUT2D eigenvalue weighted by molar-refractivity contribution is 5.95. The van der Waals surface area contributed by atoms with Crippen molar-refractivity contribution >= 4 is 11.7 Å². The Labute approximate surface area is 144 Å². The fraction of sp³-hybridized carbons (Fsp3) is 0.421. The molecule has 5 nitrogen and oxygen atoms in total. The predicted molar refractivity (Wildman–Crippen MR) is 88.3 cm³/mol. The first-order valence-corrected chi connectivity index (χ1v) is 8.65. The van der Waals surface area contributed by atoms with Gasteiger partial charge in [0.1, 0.15) is 11.5 Å². The van der Waals surface area contributed by atoms with Crippen LogP contribution >= 0.6 is 0 Å². The number of ketones is 1.